The number of carbonyl (C=O) groups excluding carboxylic acids is 1. The van der Waals surface area contributed by atoms with Crippen LogP contribution in [0.5, 0.6) is 0 Å². The molecule has 188 valence electrons. The monoisotopic (exact) mass is 499 g/mol. The average Bonchev–Trinajstić information content (AvgIpc) is 3.38. The van der Waals surface area contributed by atoms with Gasteiger partial charge >= 0.3 is 5.97 Å². The van der Waals surface area contributed by atoms with Crippen LogP contribution < -0.4 is 0 Å². The maximum atomic E-state index is 13.3. The van der Waals surface area contributed by atoms with Gasteiger partial charge in [-0.25, -0.2) is 13.5 Å². The van der Waals surface area contributed by atoms with Gasteiger partial charge in [0.15, 0.2) is 5.82 Å². The summed E-state index contributed by atoms with van der Waals surface area (Å²) in [4.78, 5) is 12.5. The van der Waals surface area contributed by atoms with Crippen molar-refractivity contribution >= 4 is 16.0 Å². The molecule has 0 aliphatic rings. The number of tetrazole rings is 1. The molecule has 2 aromatic carbocycles. The molecule has 0 unspecified atom stereocenters. The normalized spacial score (nSPS) is 12.1. The lowest BCUT2D eigenvalue weighted by Gasteiger charge is -2.30. The molecule has 0 fully saturated rings. The van der Waals surface area contributed by atoms with Crippen LogP contribution in [0.25, 0.3) is 22.5 Å². The van der Waals surface area contributed by atoms with Gasteiger partial charge < -0.3 is 4.74 Å². The topological polar surface area (TPSA) is 118 Å². The van der Waals surface area contributed by atoms with Crippen LogP contribution in [0.3, 0.4) is 0 Å². The third kappa shape index (κ3) is 6.73. The molecule has 0 aliphatic carbocycles. The second kappa shape index (κ2) is 11.5. The van der Waals surface area contributed by atoms with Crippen molar-refractivity contribution in [1.82, 2.24) is 24.9 Å². The number of H-pyrrole nitrogens is 1. The number of nitrogens with zero attached hydrogens (tertiary/aromatic N) is 4. The minimum atomic E-state index is -3.62. The zero-order valence-corrected chi connectivity index (χ0v) is 21.5. The van der Waals surface area contributed by atoms with E-state index in [-0.39, 0.29) is 25.4 Å². The second-order valence-electron chi connectivity index (χ2n) is 9.04. The van der Waals surface area contributed by atoms with E-state index in [0.717, 1.165) is 28.7 Å². The van der Waals surface area contributed by atoms with E-state index < -0.39 is 21.4 Å². The van der Waals surface area contributed by atoms with Crippen LogP contribution in [0, 0.1) is 5.41 Å². The van der Waals surface area contributed by atoms with Gasteiger partial charge in [-0.3, -0.25) is 4.79 Å². The molecule has 0 saturated heterocycles. The van der Waals surface area contributed by atoms with E-state index in [1.54, 1.807) is 20.8 Å². The van der Waals surface area contributed by atoms with Gasteiger partial charge in [0, 0.05) is 18.7 Å². The van der Waals surface area contributed by atoms with Crippen molar-refractivity contribution in [2.75, 3.05) is 18.9 Å². The number of rotatable bonds is 12. The lowest BCUT2D eigenvalue weighted by Crippen LogP contribution is -2.43. The summed E-state index contributed by atoms with van der Waals surface area (Å²) in [5.41, 5.74) is 2.42. The summed E-state index contributed by atoms with van der Waals surface area (Å²) in [6.07, 6.45) is 1.29. The summed E-state index contributed by atoms with van der Waals surface area (Å²) in [5.74, 6) is 0.0742. The van der Waals surface area contributed by atoms with Crippen molar-refractivity contribution in [1.29, 1.82) is 0 Å². The fraction of sp³-hybridized carbons (Fsp3) is 0.440. The number of sulfonamides is 1. The molecular formula is C25H33N5O4S. The van der Waals surface area contributed by atoms with Crippen molar-refractivity contribution in [3.05, 3.63) is 54.1 Å². The molecule has 0 atom stereocenters. The van der Waals surface area contributed by atoms with E-state index in [4.69, 9.17) is 4.74 Å². The first-order chi connectivity index (χ1) is 16.7. The van der Waals surface area contributed by atoms with Crippen LogP contribution in [-0.4, -0.2) is 58.2 Å². The maximum absolute atomic E-state index is 13.3. The van der Waals surface area contributed by atoms with Crippen molar-refractivity contribution in [3.8, 4) is 22.5 Å². The third-order valence-corrected chi connectivity index (χ3v) is 7.53. The number of ether oxygens (including phenoxy) is 1. The van der Waals surface area contributed by atoms with Gasteiger partial charge in [0.1, 0.15) is 0 Å². The van der Waals surface area contributed by atoms with Crippen LogP contribution in [0.4, 0.5) is 0 Å². The van der Waals surface area contributed by atoms with Gasteiger partial charge in [0.05, 0.1) is 17.8 Å². The molecule has 0 saturated carbocycles. The Morgan fingerprint density at radius 2 is 1.83 bits per heavy atom. The fourth-order valence-electron chi connectivity index (χ4n) is 3.77. The summed E-state index contributed by atoms with van der Waals surface area (Å²) in [7, 11) is -3.62. The van der Waals surface area contributed by atoms with Crippen molar-refractivity contribution in [3.63, 3.8) is 0 Å². The third-order valence-electron chi connectivity index (χ3n) is 5.68. The van der Waals surface area contributed by atoms with Crippen LogP contribution in [0.15, 0.2) is 48.5 Å². The predicted molar refractivity (Wildman–Crippen MR) is 135 cm³/mol. The summed E-state index contributed by atoms with van der Waals surface area (Å²) < 4.78 is 33.2. The summed E-state index contributed by atoms with van der Waals surface area (Å²) in [6, 6.07) is 15.6. The van der Waals surface area contributed by atoms with Crippen LogP contribution in [0.2, 0.25) is 0 Å². The summed E-state index contributed by atoms with van der Waals surface area (Å²) in [5, 5.41) is 14.3. The number of aromatic amines is 1. The molecule has 9 nitrogen and oxygen atoms in total. The molecule has 1 aromatic heterocycles. The van der Waals surface area contributed by atoms with E-state index >= 15 is 0 Å². The van der Waals surface area contributed by atoms with E-state index in [1.807, 2.05) is 55.5 Å². The number of nitrogens with one attached hydrogen (secondary N) is 1. The molecule has 1 heterocycles. The number of unbranched alkanes of at least 4 members (excludes halogenated alkanes) is 1. The Labute approximate surface area is 206 Å². The highest BCUT2D eigenvalue weighted by molar-refractivity contribution is 7.89. The average molecular weight is 500 g/mol. The van der Waals surface area contributed by atoms with Crippen LogP contribution in [0.1, 0.15) is 46.1 Å². The predicted octanol–water partition coefficient (Wildman–Crippen LogP) is 4.05. The zero-order valence-electron chi connectivity index (χ0n) is 20.7. The maximum Gasteiger partial charge on any atom is 0.312 e. The Bertz CT molecular complexity index is 1210. The van der Waals surface area contributed by atoms with Gasteiger partial charge in [-0.2, -0.15) is 4.31 Å². The Morgan fingerprint density at radius 1 is 1.09 bits per heavy atom. The number of benzene rings is 2. The minimum absolute atomic E-state index is 0.0114. The van der Waals surface area contributed by atoms with Crippen LogP contribution in [-0.2, 0) is 26.1 Å². The van der Waals surface area contributed by atoms with E-state index in [1.165, 1.54) is 4.31 Å². The standard InChI is InChI=1S/C25H33N5O4S/c1-5-7-15-35(32,33)30(18-25(3,4)24(31)34-6-2)17-19-13-14-21(20-11-9-8-10-12-20)22(16-19)23-26-28-29-27-23/h8-14,16H,5-7,15,17-18H2,1-4H3,(H,26,27,28,29). The SMILES string of the molecule is CCCCS(=O)(=O)N(Cc1ccc(-c2ccccc2)c(-c2nnn[nH]2)c1)CC(C)(C)C(=O)OCC. The highest BCUT2D eigenvalue weighted by Gasteiger charge is 2.36. The Morgan fingerprint density at radius 3 is 2.46 bits per heavy atom. The number of hydrogen-bond donors (Lipinski definition) is 1. The second-order valence-corrected chi connectivity index (χ2v) is 11.1. The summed E-state index contributed by atoms with van der Waals surface area (Å²) in [6.45, 7) is 7.45. The zero-order chi connectivity index (χ0) is 25.5. The van der Waals surface area contributed by atoms with E-state index in [2.05, 4.69) is 20.6 Å². The molecule has 10 heteroatoms. The molecule has 3 aromatic rings. The van der Waals surface area contributed by atoms with Gasteiger partial charge in [-0.15, -0.1) is 5.10 Å². The quantitative estimate of drug-likeness (QED) is 0.373. The first kappa shape index (κ1) is 26.5. The molecule has 0 spiro atoms. The molecule has 1 N–H and O–H groups in total. The molecule has 35 heavy (non-hydrogen) atoms. The van der Waals surface area contributed by atoms with Gasteiger partial charge in [0.25, 0.3) is 0 Å². The Hall–Kier alpha value is -3.11. The fourth-order valence-corrected chi connectivity index (χ4v) is 5.55. The molecule has 0 amide bonds. The first-order valence-corrected chi connectivity index (χ1v) is 13.4. The highest BCUT2D eigenvalue weighted by atomic mass is 32.2. The summed E-state index contributed by atoms with van der Waals surface area (Å²) >= 11 is 0. The first-order valence-electron chi connectivity index (χ1n) is 11.8. The Balaban J connectivity index is 2.00. The molecule has 0 radical (unpaired) electrons. The van der Waals surface area contributed by atoms with Gasteiger partial charge in [0.2, 0.25) is 10.0 Å². The van der Waals surface area contributed by atoms with E-state index in [0.29, 0.717) is 12.2 Å². The van der Waals surface area contributed by atoms with Gasteiger partial charge in [-0.05, 0) is 60.4 Å². The molecule has 3 rings (SSSR count). The molecule has 0 bridgehead atoms. The van der Waals surface area contributed by atoms with Crippen molar-refractivity contribution in [2.45, 2.75) is 47.1 Å². The highest BCUT2D eigenvalue weighted by Crippen LogP contribution is 2.32. The number of hydrogen-bond acceptors (Lipinski definition) is 7. The number of carbonyl (C=O) groups is 1. The lowest BCUT2D eigenvalue weighted by molar-refractivity contribution is -0.153. The lowest BCUT2D eigenvalue weighted by atomic mass is 9.93. The van der Waals surface area contributed by atoms with Gasteiger partial charge in [-0.1, -0.05) is 55.8 Å². The minimum Gasteiger partial charge on any atom is -0.466 e. The van der Waals surface area contributed by atoms with Crippen LogP contribution >= 0.6 is 0 Å². The van der Waals surface area contributed by atoms with E-state index in [9.17, 15) is 13.2 Å². The number of aromatic nitrogens is 4. The van der Waals surface area contributed by atoms with Crippen molar-refractivity contribution in [2.24, 2.45) is 5.41 Å². The van der Waals surface area contributed by atoms with Crippen molar-refractivity contribution < 1.29 is 17.9 Å². The smallest absolute Gasteiger partial charge is 0.312 e. The Kier molecular flexibility index (Phi) is 8.74. The molecular weight excluding hydrogens is 466 g/mol. The molecule has 0 aliphatic heterocycles. The largest absolute Gasteiger partial charge is 0.466 e. The number of esters is 1.